The van der Waals surface area contributed by atoms with Gasteiger partial charge in [-0.2, -0.15) is 0 Å². The van der Waals surface area contributed by atoms with E-state index in [9.17, 15) is 20.1 Å². The smallest absolute Gasteiger partial charge is 0.189 e. The maximum absolute atomic E-state index is 13.6. The third kappa shape index (κ3) is 9.77. The van der Waals surface area contributed by atoms with E-state index in [2.05, 4.69) is 60.5 Å². The Labute approximate surface area is 367 Å². The number of nitrogens with one attached hydrogen (secondary N) is 1. The van der Waals surface area contributed by atoms with Gasteiger partial charge in [0.05, 0.1) is 25.9 Å². The number of allylic oxidation sites excluding steroid dienone is 3. The van der Waals surface area contributed by atoms with Crippen molar-refractivity contribution in [3.63, 3.8) is 0 Å². The lowest BCUT2D eigenvalue weighted by atomic mass is 9.55. The van der Waals surface area contributed by atoms with Crippen molar-refractivity contribution in [3.8, 4) is 29.1 Å². The van der Waals surface area contributed by atoms with E-state index in [1.54, 1.807) is 13.2 Å². The average molecular weight is 840 g/mol. The van der Waals surface area contributed by atoms with Gasteiger partial charge < -0.3 is 35.8 Å². The standard InChI is InChI=1S/C53H65N3O6/c1-4-9-35(30-57)23-41(58)17-16-37-28-49(62-43-13-5-6-14-43)52(60)51-44(37)15-8-12-40-25-39-27-46-45(18-32(2)19-47(46)50(51)48(39)31-61-3)38-22-36(24-42(59)26-38)21-33-10-7-11-34(20-33)29-55-53(54)56-40/h7,10-11,20,22-24,26-28,32,39-40,43,45,47-48,50,57,59-60H,4-6,9,12-14,16-19,21,25,29-31H2,1-3H3,(H3,54,55,56). The van der Waals surface area contributed by atoms with E-state index < -0.39 is 0 Å². The molecule has 1 heterocycles. The fraction of sp³-hybridized carbons (Fsp3) is 0.509. The van der Waals surface area contributed by atoms with Crippen LogP contribution in [0.4, 0.5) is 0 Å². The maximum Gasteiger partial charge on any atom is 0.189 e. The molecule has 1 aliphatic heterocycles. The SMILES string of the molecule is CCCC(=CC(=O)CCc1cc(OC2CCCC2)c(O)c2c1C#CCC1CC3C=C4C(CC(C)CC4C2C3COC)c2cc(O)cc(c2)Cc2cccc(c2)CN=C(N)N1)CO. The monoisotopic (exact) mass is 839 g/mol. The lowest BCUT2D eigenvalue weighted by molar-refractivity contribution is -0.114. The zero-order chi connectivity index (χ0) is 43.3. The van der Waals surface area contributed by atoms with Gasteiger partial charge in [-0.25, -0.2) is 4.99 Å². The highest BCUT2D eigenvalue weighted by molar-refractivity contribution is 5.90. The van der Waals surface area contributed by atoms with Crippen molar-refractivity contribution in [2.24, 2.45) is 34.4 Å². The number of rotatable bonds is 11. The van der Waals surface area contributed by atoms with Gasteiger partial charge in [-0.15, -0.1) is 0 Å². The van der Waals surface area contributed by atoms with Crippen LogP contribution in [-0.2, 0) is 28.9 Å². The number of nitrogens with two attached hydrogens (primary N) is 1. The Morgan fingerprint density at radius 2 is 1.85 bits per heavy atom. The third-order valence-electron chi connectivity index (χ3n) is 14.1. The number of phenols is 2. The number of aliphatic hydroxyl groups excluding tert-OH is 1. The number of carbonyl (C=O) groups is 1. The summed E-state index contributed by atoms with van der Waals surface area (Å²) in [6.07, 6.45) is 14.0. The fourth-order valence-electron chi connectivity index (χ4n) is 11.4. The quantitative estimate of drug-likeness (QED) is 0.0732. The maximum atomic E-state index is 13.6. The van der Waals surface area contributed by atoms with Gasteiger partial charge in [0, 0.05) is 49.0 Å². The van der Waals surface area contributed by atoms with Gasteiger partial charge in [0.1, 0.15) is 5.75 Å². The largest absolute Gasteiger partial charge is 0.508 e. The first-order valence-electron chi connectivity index (χ1n) is 23.2. The molecule has 3 aromatic carbocycles. The number of hydrogen-bond acceptors (Lipinski definition) is 9. The Hall–Kier alpha value is -5.04. The van der Waals surface area contributed by atoms with Crippen LogP contribution >= 0.6 is 0 Å². The van der Waals surface area contributed by atoms with Crippen molar-refractivity contribution in [1.82, 2.24) is 5.32 Å². The van der Waals surface area contributed by atoms with Crippen molar-refractivity contribution >= 4 is 11.7 Å². The van der Waals surface area contributed by atoms with Crippen LogP contribution in [0.1, 0.15) is 135 Å². The highest BCUT2D eigenvalue weighted by Crippen LogP contribution is 2.59. The lowest BCUT2D eigenvalue weighted by Crippen LogP contribution is -2.45. The first-order chi connectivity index (χ1) is 30.1. The molecule has 7 atom stereocenters. The summed E-state index contributed by atoms with van der Waals surface area (Å²) in [5, 5.41) is 37.7. The molecular formula is C53H65N3O6. The zero-order valence-electron chi connectivity index (χ0n) is 36.8. The molecule has 9 heteroatoms. The first kappa shape index (κ1) is 43.6. The minimum atomic E-state index is -0.188. The van der Waals surface area contributed by atoms with Crippen LogP contribution in [0.25, 0.3) is 0 Å². The fourth-order valence-corrected chi connectivity index (χ4v) is 11.4. The van der Waals surface area contributed by atoms with Crippen LogP contribution < -0.4 is 15.8 Å². The Morgan fingerprint density at radius 1 is 1.03 bits per heavy atom. The third-order valence-corrected chi connectivity index (χ3v) is 14.1. The number of carbonyl (C=O) groups excluding carboxylic acids is 1. The van der Waals surface area contributed by atoms with Crippen molar-refractivity contribution in [2.75, 3.05) is 20.3 Å². The first-order valence-corrected chi connectivity index (χ1v) is 23.2. The predicted molar refractivity (Wildman–Crippen MR) is 244 cm³/mol. The zero-order valence-corrected chi connectivity index (χ0v) is 36.8. The van der Waals surface area contributed by atoms with Crippen LogP contribution in [0.2, 0.25) is 0 Å². The number of nitrogens with zero attached hydrogens (tertiary/aromatic N) is 1. The molecule has 4 aliphatic carbocycles. The summed E-state index contributed by atoms with van der Waals surface area (Å²) in [4.78, 5) is 18.4. The molecule has 5 aliphatic rings. The number of benzene rings is 3. The molecule has 328 valence electrons. The summed E-state index contributed by atoms with van der Waals surface area (Å²) >= 11 is 0. The molecule has 2 saturated carbocycles. The number of aromatic hydroxyl groups is 2. The molecule has 0 saturated heterocycles. The number of phenolic OH excluding ortho intramolecular Hbond substituents is 2. The van der Waals surface area contributed by atoms with Crippen LogP contribution in [0.15, 0.2) is 76.8 Å². The summed E-state index contributed by atoms with van der Waals surface area (Å²) in [5.41, 5.74) is 15.6. The number of aryl methyl sites for hydroxylation is 1. The molecular weight excluding hydrogens is 775 g/mol. The average Bonchev–Trinajstić information content (AvgIpc) is 3.76. The molecule has 2 fully saturated rings. The van der Waals surface area contributed by atoms with E-state index in [0.717, 1.165) is 95.9 Å². The molecule has 0 radical (unpaired) electrons. The summed E-state index contributed by atoms with van der Waals surface area (Å²) < 4.78 is 12.9. The predicted octanol–water partition coefficient (Wildman–Crippen LogP) is 8.89. The van der Waals surface area contributed by atoms with Gasteiger partial charge in [0.15, 0.2) is 23.2 Å². The van der Waals surface area contributed by atoms with Gasteiger partial charge in [-0.05, 0) is 146 Å². The molecule has 8 rings (SSSR count). The van der Waals surface area contributed by atoms with E-state index in [1.807, 2.05) is 25.1 Å². The molecule has 0 spiro atoms. The molecule has 0 amide bonds. The Kier molecular flexibility index (Phi) is 13.8. The number of methoxy groups -OCH3 is 1. The normalized spacial score (nSPS) is 26.0. The summed E-state index contributed by atoms with van der Waals surface area (Å²) in [7, 11) is 1.76. The molecule has 62 heavy (non-hydrogen) atoms. The minimum absolute atomic E-state index is 0.00330. The van der Waals surface area contributed by atoms with E-state index in [0.29, 0.717) is 56.5 Å². The topological polar surface area (TPSA) is 147 Å². The minimum Gasteiger partial charge on any atom is -0.508 e. The number of aliphatic imine (C=N–C) groups is 1. The van der Waals surface area contributed by atoms with E-state index in [1.165, 1.54) is 5.57 Å². The molecule has 7 unspecified atom stereocenters. The van der Waals surface area contributed by atoms with E-state index >= 15 is 0 Å². The molecule has 3 aromatic rings. The van der Waals surface area contributed by atoms with Crippen molar-refractivity contribution in [1.29, 1.82) is 0 Å². The van der Waals surface area contributed by atoms with Crippen molar-refractivity contribution in [3.05, 3.63) is 111 Å². The summed E-state index contributed by atoms with van der Waals surface area (Å²) in [6, 6.07) is 16.4. The molecule has 8 bridgehead atoms. The highest BCUT2D eigenvalue weighted by Gasteiger charge is 2.48. The van der Waals surface area contributed by atoms with Gasteiger partial charge in [0.25, 0.3) is 0 Å². The van der Waals surface area contributed by atoms with Gasteiger partial charge in [-0.1, -0.05) is 74.1 Å². The Balaban J connectivity index is 1.34. The molecule has 6 N–H and O–H groups in total. The van der Waals surface area contributed by atoms with Crippen molar-refractivity contribution in [2.45, 2.75) is 128 Å². The number of aliphatic hydroxyl groups is 1. The summed E-state index contributed by atoms with van der Waals surface area (Å²) in [6.45, 7) is 5.13. The summed E-state index contributed by atoms with van der Waals surface area (Å²) in [5.74, 6) is 8.59. The number of hydrogen-bond donors (Lipinski definition) is 5. The van der Waals surface area contributed by atoms with Gasteiger partial charge >= 0.3 is 0 Å². The second-order valence-electron chi connectivity index (χ2n) is 18.8. The van der Waals surface area contributed by atoms with E-state index in [4.69, 9.17) is 20.2 Å². The molecule has 9 nitrogen and oxygen atoms in total. The van der Waals surface area contributed by atoms with Crippen LogP contribution in [0.5, 0.6) is 17.2 Å². The van der Waals surface area contributed by atoms with Crippen LogP contribution in [0.3, 0.4) is 0 Å². The second kappa shape index (κ2) is 19.6. The number of fused-ring (bicyclic) bond motifs is 10. The number of ether oxygens (including phenoxy) is 2. The van der Waals surface area contributed by atoms with Gasteiger partial charge in [-0.3, -0.25) is 4.79 Å². The van der Waals surface area contributed by atoms with Gasteiger partial charge in [0.2, 0.25) is 0 Å². The van der Waals surface area contributed by atoms with Crippen LogP contribution in [0, 0.1) is 35.5 Å². The Bertz CT molecular complexity index is 2280. The highest BCUT2D eigenvalue weighted by atomic mass is 16.5. The molecule has 0 aromatic heterocycles. The number of guanidine groups is 1. The Morgan fingerprint density at radius 3 is 2.65 bits per heavy atom. The lowest BCUT2D eigenvalue weighted by Gasteiger charge is -2.50. The van der Waals surface area contributed by atoms with E-state index in [-0.39, 0.29) is 72.0 Å². The van der Waals surface area contributed by atoms with Crippen LogP contribution in [-0.4, -0.2) is 59.5 Å². The van der Waals surface area contributed by atoms with Crippen molar-refractivity contribution < 1.29 is 29.6 Å². The number of ketones is 1. The second-order valence-corrected chi connectivity index (χ2v) is 18.8.